The third kappa shape index (κ3) is 3.66. The molecule has 1 N–H and O–H groups in total. The van der Waals surface area contributed by atoms with E-state index in [1.165, 1.54) is 0 Å². The molecule has 2 aromatic heterocycles. The van der Waals surface area contributed by atoms with Gasteiger partial charge in [0.05, 0.1) is 22.4 Å². The number of carbonyl (C=O) groups is 1. The molecule has 0 radical (unpaired) electrons. The molecular weight excluding hydrogens is 382 g/mol. The van der Waals surface area contributed by atoms with Crippen molar-refractivity contribution >= 4 is 27.5 Å². The van der Waals surface area contributed by atoms with Crippen molar-refractivity contribution in [2.45, 2.75) is 27.3 Å². The fourth-order valence-corrected chi connectivity index (χ4v) is 3.29. The van der Waals surface area contributed by atoms with E-state index >= 15 is 0 Å². The highest BCUT2D eigenvalue weighted by Crippen LogP contribution is 2.21. The summed E-state index contributed by atoms with van der Waals surface area (Å²) in [5, 5.41) is 11.6. The van der Waals surface area contributed by atoms with Gasteiger partial charge in [-0.2, -0.15) is 10.2 Å². The normalized spacial score (nSPS) is 10.9. The van der Waals surface area contributed by atoms with E-state index in [1.54, 1.807) is 11.7 Å². The first-order valence-electron chi connectivity index (χ1n) is 7.95. The number of nitrogens with zero attached hydrogens (tertiary/aromatic N) is 4. The van der Waals surface area contributed by atoms with Crippen LogP contribution in [0.4, 0.5) is 5.69 Å². The zero-order valence-electron chi connectivity index (χ0n) is 14.7. The van der Waals surface area contributed by atoms with E-state index in [9.17, 15) is 4.79 Å². The quantitative estimate of drug-likeness (QED) is 0.725. The van der Waals surface area contributed by atoms with Crippen molar-refractivity contribution in [3.63, 3.8) is 0 Å². The predicted molar refractivity (Wildman–Crippen MR) is 101 cm³/mol. The van der Waals surface area contributed by atoms with Gasteiger partial charge < -0.3 is 5.32 Å². The molecule has 7 heteroatoms. The highest BCUT2D eigenvalue weighted by atomic mass is 79.9. The fourth-order valence-electron chi connectivity index (χ4n) is 2.77. The van der Waals surface area contributed by atoms with Crippen molar-refractivity contribution in [2.24, 2.45) is 7.05 Å². The van der Waals surface area contributed by atoms with Gasteiger partial charge in [-0.15, -0.1) is 0 Å². The van der Waals surface area contributed by atoms with E-state index in [0.717, 1.165) is 28.3 Å². The fraction of sp³-hybridized carbons (Fsp3) is 0.278. The summed E-state index contributed by atoms with van der Waals surface area (Å²) in [5.74, 6) is -0.193. The molecule has 0 aliphatic carbocycles. The predicted octanol–water partition coefficient (Wildman–Crippen LogP) is 3.60. The van der Waals surface area contributed by atoms with Gasteiger partial charge in [0.2, 0.25) is 0 Å². The Labute approximate surface area is 155 Å². The maximum atomic E-state index is 12.5. The second-order valence-electron chi connectivity index (χ2n) is 6.11. The van der Waals surface area contributed by atoms with Crippen molar-refractivity contribution in [2.75, 3.05) is 5.32 Å². The van der Waals surface area contributed by atoms with Crippen molar-refractivity contribution in [3.05, 3.63) is 63.1 Å². The minimum absolute atomic E-state index is 0.193. The molecule has 0 bridgehead atoms. The molecule has 1 amide bonds. The molecule has 1 aromatic carbocycles. The first kappa shape index (κ1) is 17.4. The summed E-state index contributed by atoms with van der Waals surface area (Å²) in [5.41, 5.74) is 5.30. The molecule has 3 aromatic rings. The van der Waals surface area contributed by atoms with Crippen LogP contribution in [0.2, 0.25) is 0 Å². The van der Waals surface area contributed by atoms with Gasteiger partial charge in [-0.1, -0.05) is 12.1 Å². The molecule has 0 fully saturated rings. The maximum Gasteiger partial charge on any atom is 0.275 e. The summed E-state index contributed by atoms with van der Waals surface area (Å²) in [7, 11) is 1.75. The maximum absolute atomic E-state index is 12.5. The number of benzene rings is 1. The van der Waals surface area contributed by atoms with E-state index < -0.39 is 0 Å². The van der Waals surface area contributed by atoms with Gasteiger partial charge in [0, 0.05) is 18.4 Å². The average molecular weight is 402 g/mol. The Morgan fingerprint density at radius 3 is 2.36 bits per heavy atom. The lowest BCUT2D eigenvalue weighted by Gasteiger charge is -2.08. The topological polar surface area (TPSA) is 64.7 Å². The molecule has 0 unspecified atom stereocenters. The lowest BCUT2D eigenvalue weighted by Crippen LogP contribution is -2.16. The van der Waals surface area contributed by atoms with Crippen LogP contribution in [-0.4, -0.2) is 25.5 Å². The minimum Gasteiger partial charge on any atom is -0.321 e. The molecule has 2 heterocycles. The molecule has 0 aliphatic rings. The Kier molecular flexibility index (Phi) is 4.76. The number of halogens is 1. The second kappa shape index (κ2) is 6.84. The van der Waals surface area contributed by atoms with Gasteiger partial charge in [0.1, 0.15) is 5.69 Å². The number of anilines is 1. The van der Waals surface area contributed by atoms with E-state index in [-0.39, 0.29) is 5.91 Å². The lowest BCUT2D eigenvalue weighted by molar-refractivity contribution is 0.101. The summed E-state index contributed by atoms with van der Waals surface area (Å²) >= 11 is 3.42. The van der Waals surface area contributed by atoms with Gasteiger partial charge in [0.25, 0.3) is 5.91 Å². The van der Waals surface area contributed by atoms with Crippen LogP contribution in [0.1, 0.15) is 33.1 Å². The number of aryl methyl sites for hydroxylation is 4. The lowest BCUT2D eigenvalue weighted by atomic mass is 10.2. The van der Waals surface area contributed by atoms with Gasteiger partial charge >= 0.3 is 0 Å². The minimum atomic E-state index is -0.193. The van der Waals surface area contributed by atoms with Crippen LogP contribution >= 0.6 is 15.9 Å². The highest BCUT2D eigenvalue weighted by Gasteiger charge is 2.18. The van der Waals surface area contributed by atoms with Crippen LogP contribution in [-0.2, 0) is 13.6 Å². The Morgan fingerprint density at radius 1 is 1.16 bits per heavy atom. The van der Waals surface area contributed by atoms with E-state index in [1.807, 2.05) is 49.7 Å². The molecule has 130 valence electrons. The van der Waals surface area contributed by atoms with Gasteiger partial charge in [-0.3, -0.25) is 14.2 Å². The molecule has 0 saturated carbocycles. The van der Waals surface area contributed by atoms with Crippen molar-refractivity contribution in [1.82, 2.24) is 19.6 Å². The second-order valence-corrected chi connectivity index (χ2v) is 6.90. The van der Waals surface area contributed by atoms with Crippen LogP contribution in [0.5, 0.6) is 0 Å². The van der Waals surface area contributed by atoms with Crippen LogP contribution in [0.3, 0.4) is 0 Å². The summed E-state index contributed by atoms with van der Waals surface area (Å²) in [4.78, 5) is 12.5. The number of amides is 1. The van der Waals surface area contributed by atoms with Crippen LogP contribution in [0, 0.1) is 20.8 Å². The third-order valence-electron chi connectivity index (χ3n) is 4.01. The SMILES string of the molecule is Cc1cc(C)n(Cc2ccc(NC(=O)c3c(Br)c(C)nn3C)cc2)n1. The summed E-state index contributed by atoms with van der Waals surface area (Å²) in [6.07, 6.45) is 0. The van der Waals surface area contributed by atoms with Gasteiger partial charge in [-0.25, -0.2) is 0 Å². The molecular formula is C18H20BrN5O. The van der Waals surface area contributed by atoms with E-state index in [2.05, 4.69) is 37.5 Å². The molecule has 25 heavy (non-hydrogen) atoms. The van der Waals surface area contributed by atoms with E-state index in [0.29, 0.717) is 16.7 Å². The third-order valence-corrected chi connectivity index (χ3v) is 4.96. The number of carbonyl (C=O) groups excluding carboxylic acids is 1. The Bertz CT molecular complexity index is 924. The standard InChI is InChI=1S/C18H20BrN5O/c1-11-9-12(2)24(21-11)10-14-5-7-15(8-6-14)20-18(25)17-16(19)13(3)22-23(17)4/h5-9H,10H2,1-4H3,(H,20,25). The number of aromatic nitrogens is 4. The monoisotopic (exact) mass is 401 g/mol. The zero-order valence-corrected chi connectivity index (χ0v) is 16.3. The number of hydrogen-bond acceptors (Lipinski definition) is 3. The molecule has 0 aliphatic heterocycles. The Morgan fingerprint density at radius 2 is 1.84 bits per heavy atom. The van der Waals surface area contributed by atoms with Crippen molar-refractivity contribution < 1.29 is 4.79 Å². The van der Waals surface area contributed by atoms with E-state index in [4.69, 9.17) is 0 Å². The summed E-state index contributed by atoms with van der Waals surface area (Å²) < 4.78 is 4.26. The van der Waals surface area contributed by atoms with Gasteiger partial charge in [0.15, 0.2) is 0 Å². The largest absolute Gasteiger partial charge is 0.321 e. The summed E-state index contributed by atoms with van der Waals surface area (Å²) in [6, 6.07) is 9.85. The van der Waals surface area contributed by atoms with Crippen LogP contribution < -0.4 is 5.32 Å². The van der Waals surface area contributed by atoms with Crippen LogP contribution in [0.15, 0.2) is 34.8 Å². The average Bonchev–Trinajstić information content (AvgIpc) is 2.99. The first-order chi connectivity index (χ1) is 11.8. The van der Waals surface area contributed by atoms with Gasteiger partial charge in [-0.05, 0) is 60.5 Å². The van der Waals surface area contributed by atoms with Crippen molar-refractivity contribution in [1.29, 1.82) is 0 Å². The number of hydrogen-bond donors (Lipinski definition) is 1. The molecule has 3 rings (SSSR count). The van der Waals surface area contributed by atoms with Crippen molar-refractivity contribution in [3.8, 4) is 0 Å². The Balaban J connectivity index is 1.72. The summed E-state index contributed by atoms with van der Waals surface area (Å²) in [6.45, 7) is 6.60. The molecule has 6 nitrogen and oxygen atoms in total. The molecule has 0 atom stereocenters. The van der Waals surface area contributed by atoms with Crippen LogP contribution in [0.25, 0.3) is 0 Å². The molecule has 0 saturated heterocycles. The highest BCUT2D eigenvalue weighted by molar-refractivity contribution is 9.10. The first-order valence-corrected chi connectivity index (χ1v) is 8.75. The number of nitrogens with one attached hydrogen (secondary N) is 1. The zero-order chi connectivity index (χ0) is 18.1. The molecule has 0 spiro atoms. The Hall–Kier alpha value is -2.41. The number of rotatable bonds is 4. The smallest absolute Gasteiger partial charge is 0.275 e.